The summed E-state index contributed by atoms with van der Waals surface area (Å²) in [5.41, 5.74) is 3.34. The van der Waals surface area contributed by atoms with Gasteiger partial charge in [-0.2, -0.15) is 0 Å². The second-order valence-electron chi connectivity index (χ2n) is 8.85. The predicted molar refractivity (Wildman–Crippen MR) is 140 cm³/mol. The average molecular weight is 478 g/mol. The van der Waals surface area contributed by atoms with Gasteiger partial charge in [0, 0.05) is 6.54 Å². The fraction of sp³-hybridized carbons (Fsp3) is 0.167. The van der Waals surface area contributed by atoms with Crippen LogP contribution in [0.15, 0.2) is 106 Å². The topological polar surface area (TPSA) is 68.3 Å². The molecule has 6 heteroatoms. The summed E-state index contributed by atoms with van der Waals surface area (Å²) in [6.07, 6.45) is 2.14. The zero-order valence-corrected chi connectivity index (χ0v) is 20.3. The van der Waals surface area contributed by atoms with Crippen LogP contribution in [0.5, 0.6) is 0 Å². The molecule has 0 saturated heterocycles. The minimum absolute atomic E-state index is 0.167. The van der Waals surface area contributed by atoms with Gasteiger partial charge in [0.2, 0.25) is 0 Å². The highest BCUT2D eigenvalue weighted by atomic mass is 16.3. The minimum Gasteiger partial charge on any atom is -0.459 e. The molecule has 1 atom stereocenters. The first-order valence-electron chi connectivity index (χ1n) is 12.0. The van der Waals surface area contributed by atoms with Gasteiger partial charge in [-0.15, -0.1) is 0 Å². The number of carbonyl (C=O) groups is 1. The lowest BCUT2D eigenvalue weighted by Crippen LogP contribution is -2.38. The van der Waals surface area contributed by atoms with Crippen molar-refractivity contribution in [3.05, 3.63) is 130 Å². The van der Waals surface area contributed by atoms with Gasteiger partial charge >= 0.3 is 0 Å². The van der Waals surface area contributed by atoms with Crippen LogP contribution in [0.2, 0.25) is 0 Å². The molecule has 0 aliphatic rings. The molecule has 3 aromatic carbocycles. The van der Waals surface area contributed by atoms with Gasteiger partial charge in [-0.3, -0.25) is 14.2 Å². The summed E-state index contributed by atoms with van der Waals surface area (Å²) in [6, 6.07) is 27.9. The normalized spacial score (nSPS) is 11.9. The van der Waals surface area contributed by atoms with Crippen LogP contribution < -0.4 is 5.56 Å². The number of fused-ring (bicyclic) bond motifs is 1. The van der Waals surface area contributed by atoms with Crippen molar-refractivity contribution in [3.8, 4) is 5.69 Å². The van der Waals surface area contributed by atoms with Crippen molar-refractivity contribution in [2.24, 2.45) is 0 Å². The smallest absolute Gasteiger partial charge is 0.290 e. The Morgan fingerprint density at radius 2 is 1.67 bits per heavy atom. The molecular formula is C30H27N3O3. The molecule has 0 N–H and O–H groups in total. The van der Waals surface area contributed by atoms with E-state index in [9.17, 15) is 9.59 Å². The summed E-state index contributed by atoms with van der Waals surface area (Å²) in [5.74, 6) is 0.497. The van der Waals surface area contributed by atoms with Crippen LogP contribution in [0, 0.1) is 6.92 Å². The molecule has 0 saturated carbocycles. The summed E-state index contributed by atoms with van der Waals surface area (Å²) in [6.45, 7) is 4.34. The number of hydrogen-bond acceptors (Lipinski definition) is 4. The van der Waals surface area contributed by atoms with E-state index in [0.29, 0.717) is 35.4 Å². The van der Waals surface area contributed by atoms with E-state index in [0.717, 1.165) is 11.1 Å². The van der Waals surface area contributed by atoms with Crippen molar-refractivity contribution in [1.29, 1.82) is 0 Å². The van der Waals surface area contributed by atoms with Crippen LogP contribution in [0.1, 0.15) is 40.5 Å². The molecule has 5 rings (SSSR count). The second kappa shape index (κ2) is 10.0. The highest BCUT2D eigenvalue weighted by molar-refractivity contribution is 5.91. The first-order valence-corrected chi connectivity index (χ1v) is 12.0. The summed E-state index contributed by atoms with van der Waals surface area (Å²) in [5, 5.41) is 0.530. The molecule has 180 valence electrons. The molecule has 1 amide bonds. The molecule has 0 aliphatic heterocycles. The van der Waals surface area contributed by atoms with E-state index in [2.05, 4.69) is 0 Å². The van der Waals surface area contributed by atoms with Crippen LogP contribution in [0.4, 0.5) is 0 Å². The molecule has 36 heavy (non-hydrogen) atoms. The van der Waals surface area contributed by atoms with Crippen LogP contribution >= 0.6 is 0 Å². The van der Waals surface area contributed by atoms with Crippen molar-refractivity contribution in [3.63, 3.8) is 0 Å². The largest absolute Gasteiger partial charge is 0.459 e. The fourth-order valence-electron chi connectivity index (χ4n) is 4.42. The van der Waals surface area contributed by atoms with Gasteiger partial charge in [-0.25, -0.2) is 4.98 Å². The van der Waals surface area contributed by atoms with E-state index in [4.69, 9.17) is 9.40 Å². The summed E-state index contributed by atoms with van der Waals surface area (Å²) >= 11 is 0. The molecule has 0 bridgehead atoms. The Bertz CT molecular complexity index is 1540. The third kappa shape index (κ3) is 4.58. The van der Waals surface area contributed by atoms with Crippen LogP contribution in [0.3, 0.4) is 0 Å². The van der Waals surface area contributed by atoms with E-state index in [1.165, 1.54) is 6.26 Å². The van der Waals surface area contributed by atoms with Gasteiger partial charge < -0.3 is 9.32 Å². The molecule has 6 nitrogen and oxygen atoms in total. The zero-order chi connectivity index (χ0) is 25.1. The molecule has 0 radical (unpaired) electrons. The Balaban J connectivity index is 1.64. The van der Waals surface area contributed by atoms with Gasteiger partial charge in [-0.1, -0.05) is 60.2 Å². The summed E-state index contributed by atoms with van der Waals surface area (Å²) in [7, 11) is 0. The summed E-state index contributed by atoms with van der Waals surface area (Å²) in [4.78, 5) is 34.0. The highest BCUT2D eigenvalue weighted by Gasteiger charge is 2.28. The second-order valence-corrected chi connectivity index (χ2v) is 8.85. The number of rotatable bonds is 7. The van der Waals surface area contributed by atoms with E-state index >= 15 is 0 Å². The lowest BCUT2D eigenvalue weighted by atomic mass is 10.1. The van der Waals surface area contributed by atoms with Gasteiger partial charge in [0.05, 0.1) is 28.9 Å². The number of benzene rings is 3. The molecule has 0 spiro atoms. The minimum atomic E-state index is -0.509. The Morgan fingerprint density at radius 3 is 2.39 bits per heavy atom. The van der Waals surface area contributed by atoms with Crippen LogP contribution in [0.25, 0.3) is 16.6 Å². The molecule has 2 heterocycles. The van der Waals surface area contributed by atoms with Crippen molar-refractivity contribution in [1.82, 2.24) is 14.5 Å². The SMILES string of the molecule is Cc1ccc(-n2c(C(C)N(CCc3ccccc3)C(=O)c3ccco3)nc3ccccc3c2=O)cc1. The molecule has 1 unspecified atom stereocenters. The zero-order valence-electron chi connectivity index (χ0n) is 20.3. The fourth-order valence-corrected chi connectivity index (χ4v) is 4.42. The van der Waals surface area contributed by atoms with E-state index in [-0.39, 0.29) is 17.2 Å². The third-order valence-electron chi connectivity index (χ3n) is 6.41. The first kappa shape index (κ1) is 23.3. The molecule has 2 aromatic heterocycles. The van der Waals surface area contributed by atoms with Crippen LogP contribution in [-0.4, -0.2) is 26.9 Å². The molecule has 0 fully saturated rings. The number of carbonyl (C=O) groups excluding carboxylic acids is 1. The molecular weight excluding hydrogens is 450 g/mol. The Morgan fingerprint density at radius 1 is 0.944 bits per heavy atom. The maximum absolute atomic E-state index is 13.7. The summed E-state index contributed by atoms with van der Waals surface area (Å²) < 4.78 is 7.08. The van der Waals surface area contributed by atoms with E-state index in [1.54, 1.807) is 27.7 Å². The highest BCUT2D eigenvalue weighted by Crippen LogP contribution is 2.25. The number of furan rings is 1. The van der Waals surface area contributed by atoms with Gasteiger partial charge in [-0.05, 0) is 62.2 Å². The Hall–Kier alpha value is -4.45. The van der Waals surface area contributed by atoms with Crippen LogP contribution in [-0.2, 0) is 6.42 Å². The lowest BCUT2D eigenvalue weighted by molar-refractivity contribution is 0.0651. The number of aromatic nitrogens is 2. The van der Waals surface area contributed by atoms with Crippen molar-refractivity contribution >= 4 is 16.8 Å². The van der Waals surface area contributed by atoms with Gasteiger partial charge in [0.15, 0.2) is 5.76 Å². The number of hydrogen-bond donors (Lipinski definition) is 0. The third-order valence-corrected chi connectivity index (χ3v) is 6.41. The van der Waals surface area contributed by atoms with Crippen molar-refractivity contribution in [2.45, 2.75) is 26.3 Å². The Labute approximate surface area is 209 Å². The monoisotopic (exact) mass is 477 g/mol. The van der Waals surface area contributed by atoms with Crippen molar-refractivity contribution in [2.75, 3.05) is 6.54 Å². The molecule has 0 aliphatic carbocycles. The number of aryl methyl sites for hydroxylation is 1. The molecule has 5 aromatic rings. The number of para-hydroxylation sites is 1. The van der Waals surface area contributed by atoms with Crippen molar-refractivity contribution < 1.29 is 9.21 Å². The lowest BCUT2D eigenvalue weighted by Gasteiger charge is -2.30. The maximum Gasteiger partial charge on any atom is 0.290 e. The van der Waals surface area contributed by atoms with Gasteiger partial charge in [0.1, 0.15) is 5.82 Å². The van der Waals surface area contributed by atoms with Gasteiger partial charge in [0.25, 0.3) is 11.5 Å². The maximum atomic E-state index is 13.7. The predicted octanol–water partition coefficient (Wildman–Crippen LogP) is 5.73. The number of amides is 1. The first-order chi connectivity index (χ1) is 17.5. The Kier molecular flexibility index (Phi) is 6.50. The average Bonchev–Trinajstić information content (AvgIpc) is 3.45. The standard InChI is InChI=1S/C30H27N3O3/c1-21-14-16-24(17-15-21)33-28(31-26-12-7-6-11-25(26)29(33)34)22(2)32(30(35)27-13-8-20-36-27)19-18-23-9-4-3-5-10-23/h3-17,20,22H,18-19H2,1-2H3. The van der Waals surface area contributed by atoms with E-state index < -0.39 is 6.04 Å². The quantitative estimate of drug-likeness (QED) is 0.300. The number of nitrogens with zero attached hydrogens (tertiary/aromatic N) is 3. The van der Waals surface area contributed by atoms with E-state index in [1.807, 2.05) is 86.6 Å².